The molecule has 0 aliphatic heterocycles. The van der Waals surface area contributed by atoms with Crippen molar-refractivity contribution in [2.45, 2.75) is 122 Å². The molecule has 12 heteroatoms. The number of aryl methyl sites for hydroxylation is 18. The van der Waals surface area contributed by atoms with Gasteiger partial charge in [0.05, 0.1) is 79.5 Å². The van der Waals surface area contributed by atoms with E-state index in [1.54, 1.807) is 0 Å². The van der Waals surface area contributed by atoms with E-state index >= 15 is 0 Å². The number of rotatable bonds is 6. The van der Waals surface area contributed by atoms with Crippen LogP contribution >= 0.6 is 0 Å². The summed E-state index contributed by atoms with van der Waals surface area (Å²) in [7, 11) is 12.7. The smallest absolute Gasteiger partial charge is 0.236 e. The summed E-state index contributed by atoms with van der Waals surface area (Å²) < 4.78 is 27.1. The van der Waals surface area contributed by atoms with Gasteiger partial charge in [0.2, 0.25) is 0 Å². The number of fused-ring (bicyclic) bond motifs is 18. The molecule has 516 valence electrons. The molecule has 6 aromatic carbocycles. The molecule has 0 fully saturated rings. The number of hydrogen-bond donors (Lipinski definition) is 0. The second-order valence-corrected chi connectivity index (χ2v) is 27.9. The minimum absolute atomic E-state index is 1.04. The van der Waals surface area contributed by atoms with Crippen LogP contribution in [0.4, 0.5) is 0 Å². The molecule has 0 aliphatic rings. The minimum atomic E-state index is 1.04. The summed E-state index contributed by atoms with van der Waals surface area (Å²) in [5.41, 5.74) is 15.8. The van der Waals surface area contributed by atoms with Crippen LogP contribution in [0.5, 0.6) is 0 Å². The second kappa shape index (κ2) is 28.9. The molecule has 0 N–H and O–H groups in total. The highest BCUT2D eigenvalue weighted by Crippen LogP contribution is 2.29. The van der Waals surface area contributed by atoms with Gasteiger partial charge < -0.3 is 0 Å². The minimum Gasteiger partial charge on any atom is -0.236 e. The van der Waals surface area contributed by atoms with E-state index in [0.29, 0.717) is 0 Å². The first-order valence-electron chi connectivity index (χ1n) is 36.6. The van der Waals surface area contributed by atoms with E-state index in [4.69, 9.17) is 0 Å². The van der Waals surface area contributed by atoms with Crippen molar-refractivity contribution in [3.63, 3.8) is 0 Å². The van der Waals surface area contributed by atoms with Gasteiger partial charge >= 0.3 is 0 Å². The zero-order chi connectivity index (χ0) is 71.9. The highest BCUT2D eigenvalue weighted by molar-refractivity contribution is 6.01. The first kappa shape index (κ1) is 69.5. The van der Waals surface area contributed by atoms with Crippen LogP contribution in [0.1, 0.15) is 110 Å². The summed E-state index contributed by atoms with van der Waals surface area (Å²) in [6.07, 6.45) is 32.7. The van der Waals surface area contributed by atoms with Crippen molar-refractivity contribution in [2.75, 3.05) is 0 Å². The molecule has 12 heterocycles. The van der Waals surface area contributed by atoms with Gasteiger partial charge in [0.25, 0.3) is 34.9 Å². The van der Waals surface area contributed by atoms with Gasteiger partial charge in [-0.1, -0.05) is 143 Å². The summed E-state index contributed by atoms with van der Waals surface area (Å²) in [6.45, 7) is 26.1. The highest BCUT2D eigenvalue weighted by atomic mass is 15.1. The zero-order valence-electron chi connectivity index (χ0n) is 63.4. The number of hydrogen-bond acceptors (Lipinski definition) is 0. The molecule has 12 aromatic heterocycles. The summed E-state index contributed by atoms with van der Waals surface area (Å²) in [5, 5.41) is 16.0. The molecule has 102 heavy (non-hydrogen) atoms. The Kier molecular flexibility index (Phi) is 19.7. The van der Waals surface area contributed by atoms with Crippen LogP contribution in [-0.2, 0) is 80.8 Å². The predicted molar refractivity (Wildman–Crippen MR) is 421 cm³/mol. The monoisotopic (exact) mass is 1350 g/mol. The van der Waals surface area contributed by atoms with Crippen molar-refractivity contribution >= 4 is 97.7 Å². The summed E-state index contributed by atoms with van der Waals surface area (Å²) in [5.74, 6) is 8.02. The van der Waals surface area contributed by atoms with Crippen molar-refractivity contribution < 1.29 is 27.4 Å². The van der Waals surface area contributed by atoms with Gasteiger partial charge in [-0.15, -0.1) is 0 Å². The van der Waals surface area contributed by atoms with Gasteiger partial charge in [-0.05, 0) is 151 Å². The third-order valence-electron chi connectivity index (χ3n) is 21.0. The van der Waals surface area contributed by atoms with Crippen molar-refractivity contribution in [3.05, 3.63) is 288 Å². The van der Waals surface area contributed by atoms with E-state index in [1.165, 1.54) is 166 Å². The number of pyridine rings is 6. The average molecular weight is 1350 g/mol. The second-order valence-electron chi connectivity index (χ2n) is 27.9. The van der Waals surface area contributed by atoms with Crippen LogP contribution in [0.15, 0.2) is 220 Å². The summed E-state index contributed by atoms with van der Waals surface area (Å²) >= 11 is 0. The molecule has 0 saturated carbocycles. The fraction of sp³-hybridized carbons (Fsp3) is 0.267. The third kappa shape index (κ3) is 12.8. The lowest BCUT2D eigenvalue weighted by Gasteiger charge is -2.01. The molecule has 18 rings (SSSR count). The third-order valence-corrected chi connectivity index (χ3v) is 21.0. The van der Waals surface area contributed by atoms with Gasteiger partial charge in [0, 0.05) is 70.8 Å². The largest absolute Gasteiger partial charge is 0.261 e. The van der Waals surface area contributed by atoms with Gasteiger partial charge in [0.1, 0.15) is 37.2 Å². The van der Waals surface area contributed by atoms with Crippen LogP contribution in [0, 0.1) is 41.5 Å². The molecule has 0 spiro atoms. The van der Waals surface area contributed by atoms with Crippen molar-refractivity contribution in [1.82, 2.24) is 26.4 Å². The molecule has 0 unspecified atom stereocenters. The lowest BCUT2D eigenvalue weighted by atomic mass is 10.1. The zero-order valence-corrected chi connectivity index (χ0v) is 63.4. The van der Waals surface area contributed by atoms with Gasteiger partial charge in [-0.3, -0.25) is 0 Å². The fourth-order valence-corrected chi connectivity index (χ4v) is 16.0. The Balaban J connectivity index is 0.000000109. The van der Waals surface area contributed by atoms with Gasteiger partial charge in [-0.2, -0.15) is 26.4 Å². The van der Waals surface area contributed by atoms with E-state index < -0.39 is 0 Å². The van der Waals surface area contributed by atoms with Crippen LogP contribution in [0.2, 0.25) is 0 Å². The average Bonchev–Trinajstić information content (AvgIpc) is 1.63. The maximum Gasteiger partial charge on any atom is 0.261 e. The first-order valence-corrected chi connectivity index (χ1v) is 36.6. The summed E-state index contributed by atoms with van der Waals surface area (Å²) in [4.78, 5) is 0. The van der Waals surface area contributed by atoms with Crippen LogP contribution in [0.3, 0.4) is 0 Å². The van der Waals surface area contributed by atoms with Gasteiger partial charge in [0.15, 0.2) is 33.1 Å². The maximum atomic E-state index is 2.30. The molecule has 0 bridgehead atoms. The molecule has 0 radical (unpaired) electrons. The Bertz CT molecular complexity index is 5870. The number of aromatic nitrogens is 12. The topological polar surface area (TPSA) is 49.7 Å². The Hall–Kier alpha value is -11.0. The molecular weight excluding hydrogens is 1250 g/mol. The fourth-order valence-electron chi connectivity index (χ4n) is 16.0. The Morgan fingerprint density at radius 2 is 0.529 bits per heavy atom. The van der Waals surface area contributed by atoms with Crippen LogP contribution < -0.4 is 27.4 Å². The molecular formula is C90H102N12+6. The molecule has 0 saturated heterocycles. The van der Waals surface area contributed by atoms with Crippen LogP contribution in [0.25, 0.3) is 97.7 Å². The van der Waals surface area contributed by atoms with E-state index in [1.807, 2.05) is 0 Å². The van der Waals surface area contributed by atoms with E-state index in [9.17, 15) is 0 Å². The predicted octanol–water partition coefficient (Wildman–Crippen LogP) is 16.7. The molecule has 0 aliphatic carbocycles. The number of benzene rings is 6. The molecule has 18 aromatic rings. The van der Waals surface area contributed by atoms with Crippen molar-refractivity contribution in [3.8, 4) is 0 Å². The lowest BCUT2D eigenvalue weighted by molar-refractivity contribution is -0.677. The highest BCUT2D eigenvalue weighted by Gasteiger charge is 2.22. The Morgan fingerprint density at radius 3 is 0.922 bits per heavy atom. The van der Waals surface area contributed by atoms with Gasteiger partial charge in [-0.25, -0.2) is 27.4 Å². The molecule has 0 atom stereocenters. The normalized spacial score (nSPS) is 11.5. The molecule has 0 amide bonds. The maximum absolute atomic E-state index is 2.30. The Labute approximate surface area is 600 Å². The van der Waals surface area contributed by atoms with E-state index in [-0.39, 0.29) is 0 Å². The quantitative estimate of drug-likeness (QED) is 0.149. The van der Waals surface area contributed by atoms with Crippen molar-refractivity contribution in [2.24, 2.45) is 42.3 Å². The standard InChI is InChI=1S/6C15H17N2/c1-4-15-16(3)10-14-13-6-5-11(2)9-12(13)7-8-17(14)15;2*1-4-15-16(3)10-14-13-9-11(2)5-6-12(13)7-8-17(14)15;1-4-15-16(3)10-14-13-7-5-6-11(2)12(13)8-9-17(14)15;2*1-4-14-16(3)10-13-15-11(2)6-5-7-12(15)8-9-17(13)14/h6*5-10H,4H2,1-3H3/q6*+1. The first-order chi connectivity index (χ1) is 49.3. The number of imidazole rings is 6. The lowest BCUT2D eigenvalue weighted by Crippen LogP contribution is -2.30. The number of nitrogens with zero attached hydrogens (tertiary/aromatic N) is 12. The summed E-state index contributed by atoms with van der Waals surface area (Å²) in [6, 6.07) is 52.6. The Morgan fingerprint density at radius 1 is 0.235 bits per heavy atom. The SMILES string of the molecule is CCc1n2ccc3c(C)cccc3c2c[n+]1C.CCc1n2ccc3cc(C)ccc3c2c[n+]1C.CCc1n2ccc3ccc(C)cc3c2c[n+]1C.CCc1n2ccc3ccc(C)cc3c2c[n+]1C.CCc1n2ccc3cccc(C)c3c2c[n+]1C.CCc1n2ccc3cccc(C)c3c2c[n+]1C. The van der Waals surface area contributed by atoms with Crippen molar-refractivity contribution in [1.29, 1.82) is 0 Å². The van der Waals surface area contributed by atoms with E-state index in [0.717, 1.165) is 38.5 Å². The van der Waals surface area contributed by atoms with E-state index in [2.05, 4.69) is 399 Å². The van der Waals surface area contributed by atoms with Crippen LogP contribution in [-0.4, -0.2) is 26.4 Å². The molecule has 12 nitrogen and oxygen atoms in total.